The molecule has 0 bridgehead atoms. The van der Waals surface area contributed by atoms with E-state index in [0.29, 0.717) is 17.4 Å². The van der Waals surface area contributed by atoms with Gasteiger partial charge in [-0.3, -0.25) is 4.98 Å². The normalized spacial score (nSPS) is 15.1. The summed E-state index contributed by atoms with van der Waals surface area (Å²) in [5, 5.41) is 4.68. The van der Waals surface area contributed by atoms with Crippen LogP contribution in [0.5, 0.6) is 0 Å². The van der Waals surface area contributed by atoms with Crippen LogP contribution < -0.4 is 5.32 Å². The number of nitrogens with zero attached hydrogens (tertiary/aromatic N) is 1. The van der Waals surface area contributed by atoms with Crippen LogP contribution in [0.15, 0.2) is 36.5 Å². The largest absolute Gasteiger partial charge is 0.313 e. The lowest BCUT2D eigenvalue weighted by atomic mass is 9.82. The van der Waals surface area contributed by atoms with Gasteiger partial charge in [0, 0.05) is 17.6 Å². The van der Waals surface area contributed by atoms with Gasteiger partial charge in [0.1, 0.15) is 0 Å². The Morgan fingerprint density at radius 2 is 1.95 bits per heavy atom. The maximum absolute atomic E-state index is 4.47. The van der Waals surface area contributed by atoms with Gasteiger partial charge in [-0.2, -0.15) is 0 Å². The Hall–Kier alpha value is -1.41. The summed E-state index contributed by atoms with van der Waals surface area (Å²) in [5.74, 6) is 0.696. The molecule has 1 aromatic heterocycles. The van der Waals surface area contributed by atoms with E-state index in [1.807, 2.05) is 12.3 Å². The Bertz CT molecular complexity index is 583. The lowest BCUT2D eigenvalue weighted by molar-refractivity contribution is 0.279. The van der Waals surface area contributed by atoms with Crippen molar-refractivity contribution in [3.05, 3.63) is 42.1 Å². The zero-order valence-electron chi connectivity index (χ0n) is 14.0. The molecule has 114 valence electrons. The third kappa shape index (κ3) is 4.53. The van der Waals surface area contributed by atoms with Crippen molar-refractivity contribution in [1.29, 1.82) is 0 Å². The number of benzene rings is 1. The lowest BCUT2D eigenvalue weighted by Crippen LogP contribution is -2.21. The Morgan fingerprint density at radius 3 is 2.62 bits per heavy atom. The van der Waals surface area contributed by atoms with Gasteiger partial charge >= 0.3 is 0 Å². The van der Waals surface area contributed by atoms with Crippen molar-refractivity contribution in [2.75, 3.05) is 7.05 Å². The zero-order chi connectivity index (χ0) is 15.5. The van der Waals surface area contributed by atoms with Gasteiger partial charge < -0.3 is 5.32 Å². The van der Waals surface area contributed by atoms with E-state index in [2.05, 4.69) is 69.3 Å². The third-order valence-electron chi connectivity index (χ3n) is 3.98. The molecule has 0 radical (unpaired) electrons. The van der Waals surface area contributed by atoms with Crippen LogP contribution in [0.2, 0.25) is 0 Å². The number of hydrogen-bond donors (Lipinski definition) is 1. The van der Waals surface area contributed by atoms with Crippen LogP contribution in [0, 0.1) is 11.3 Å². The number of nitrogens with one attached hydrogen (secondary N) is 1. The Balaban J connectivity index is 2.15. The van der Waals surface area contributed by atoms with E-state index in [9.17, 15) is 0 Å². The lowest BCUT2D eigenvalue weighted by Gasteiger charge is -2.27. The zero-order valence-corrected chi connectivity index (χ0v) is 14.0. The molecule has 1 N–H and O–H groups in total. The minimum absolute atomic E-state index is 0.392. The number of aromatic nitrogens is 1. The van der Waals surface area contributed by atoms with Gasteiger partial charge in [-0.25, -0.2) is 0 Å². The summed E-state index contributed by atoms with van der Waals surface area (Å²) >= 11 is 0. The molecule has 0 spiro atoms. The summed E-state index contributed by atoms with van der Waals surface area (Å²) in [7, 11) is 2.05. The van der Waals surface area contributed by atoms with Crippen LogP contribution in [-0.2, 0) is 0 Å². The first kappa shape index (κ1) is 16.0. The molecule has 21 heavy (non-hydrogen) atoms. The molecule has 2 aromatic rings. The van der Waals surface area contributed by atoms with Gasteiger partial charge in [0.2, 0.25) is 0 Å². The van der Waals surface area contributed by atoms with Crippen LogP contribution in [0.4, 0.5) is 0 Å². The van der Waals surface area contributed by atoms with E-state index in [1.165, 1.54) is 17.4 Å². The van der Waals surface area contributed by atoms with E-state index >= 15 is 0 Å². The molecule has 2 unspecified atom stereocenters. The van der Waals surface area contributed by atoms with E-state index in [1.54, 1.807) is 0 Å². The monoisotopic (exact) mass is 284 g/mol. The smallest absolute Gasteiger partial charge is 0.0705 e. The molecule has 0 amide bonds. The van der Waals surface area contributed by atoms with Crippen molar-refractivity contribution in [1.82, 2.24) is 10.3 Å². The maximum Gasteiger partial charge on any atom is 0.0705 e. The molecule has 1 aromatic carbocycles. The first-order valence-corrected chi connectivity index (χ1v) is 7.91. The van der Waals surface area contributed by atoms with Crippen LogP contribution in [0.3, 0.4) is 0 Å². The maximum atomic E-state index is 4.47. The second kappa shape index (κ2) is 6.57. The SMILES string of the molecule is CNC(CC(C)CC(C)(C)C)c1ccc2cccnc2c1. The third-order valence-corrected chi connectivity index (χ3v) is 3.98. The molecule has 0 saturated carbocycles. The quantitative estimate of drug-likeness (QED) is 0.839. The van der Waals surface area contributed by atoms with Crippen LogP contribution in [0.1, 0.15) is 52.1 Å². The van der Waals surface area contributed by atoms with E-state index in [0.717, 1.165) is 11.9 Å². The van der Waals surface area contributed by atoms with Gasteiger partial charge in [0.15, 0.2) is 0 Å². The molecule has 2 atom stereocenters. The molecule has 0 fully saturated rings. The van der Waals surface area contributed by atoms with Crippen molar-refractivity contribution >= 4 is 10.9 Å². The Kier molecular flexibility index (Phi) is 5.00. The molecule has 0 saturated heterocycles. The predicted octanol–water partition coefficient (Wildman–Crippen LogP) is 4.96. The highest BCUT2D eigenvalue weighted by Crippen LogP contribution is 2.31. The topological polar surface area (TPSA) is 24.9 Å². The second-order valence-electron chi connectivity index (χ2n) is 7.40. The van der Waals surface area contributed by atoms with Gasteiger partial charge in [0.05, 0.1) is 5.52 Å². The van der Waals surface area contributed by atoms with Crippen molar-refractivity contribution in [3.8, 4) is 0 Å². The van der Waals surface area contributed by atoms with Gasteiger partial charge in [-0.15, -0.1) is 0 Å². The van der Waals surface area contributed by atoms with E-state index in [4.69, 9.17) is 0 Å². The Labute approximate surface area is 129 Å². The predicted molar refractivity (Wildman–Crippen MR) is 91.4 cm³/mol. The van der Waals surface area contributed by atoms with E-state index in [-0.39, 0.29) is 0 Å². The first-order valence-electron chi connectivity index (χ1n) is 7.91. The fourth-order valence-electron chi connectivity index (χ4n) is 3.25. The van der Waals surface area contributed by atoms with Crippen LogP contribution >= 0.6 is 0 Å². The molecular formula is C19H28N2. The van der Waals surface area contributed by atoms with Crippen molar-refractivity contribution < 1.29 is 0 Å². The highest BCUT2D eigenvalue weighted by Gasteiger charge is 2.19. The standard InChI is InChI=1S/C19H28N2/c1-14(13-19(2,3)4)11-17(20-5)16-9-8-15-7-6-10-21-18(15)12-16/h6-10,12,14,17,20H,11,13H2,1-5H3. The number of pyridine rings is 1. The molecule has 1 heterocycles. The summed E-state index contributed by atoms with van der Waals surface area (Å²) in [6.45, 7) is 9.31. The number of rotatable bonds is 5. The summed E-state index contributed by atoms with van der Waals surface area (Å²) in [4.78, 5) is 4.47. The van der Waals surface area contributed by atoms with E-state index < -0.39 is 0 Å². The second-order valence-corrected chi connectivity index (χ2v) is 7.40. The molecule has 2 rings (SSSR count). The highest BCUT2D eigenvalue weighted by molar-refractivity contribution is 5.78. The summed E-state index contributed by atoms with van der Waals surface area (Å²) in [5.41, 5.74) is 2.81. The van der Waals surface area contributed by atoms with Crippen LogP contribution in [0.25, 0.3) is 10.9 Å². The van der Waals surface area contributed by atoms with Crippen molar-refractivity contribution in [2.24, 2.45) is 11.3 Å². The molecule has 2 nitrogen and oxygen atoms in total. The summed E-state index contributed by atoms with van der Waals surface area (Å²) < 4.78 is 0. The first-order chi connectivity index (χ1) is 9.89. The van der Waals surface area contributed by atoms with Gasteiger partial charge in [-0.05, 0) is 48.9 Å². The van der Waals surface area contributed by atoms with Crippen molar-refractivity contribution in [3.63, 3.8) is 0 Å². The molecule has 0 aliphatic carbocycles. The van der Waals surface area contributed by atoms with Crippen LogP contribution in [-0.4, -0.2) is 12.0 Å². The Morgan fingerprint density at radius 1 is 1.19 bits per heavy atom. The van der Waals surface area contributed by atoms with Gasteiger partial charge in [-0.1, -0.05) is 45.9 Å². The van der Waals surface area contributed by atoms with Gasteiger partial charge in [0.25, 0.3) is 0 Å². The number of fused-ring (bicyclic) bond motifs is 1. The fourth-order valence-corrected chi connectivity index (χ4v) is 3.25. The minimum atomic E-state index is 0.392. The molecule has 0 aliphatic heterocycles. The minimum Gasteiger partial charge on any atom is -0.313 e. The summed E-state index contributed by atoms with van der Waals surface area (Å²) in [6, 6.07) is 11.1. The average Bonchev–Trinajstić information content (AvgIpc) is 2.42. The summed E-state index contributed by atoms with van der Waals surface area (Å²) in [6.07, 6.45) is 4.27. The highest BCUT2D eigenvalue weighted by atomic mass is 14.9. The average molecular weight is 284 g/mol. The molecular weight excluding hydrogens is 256 g/mol. The fraction of sp³-hybridized carbons (Fsp3) is 0.526. The molecule has 0 aliphatic rings. The number of hydrogen-bond acceptors (Lipinski definition) is 2. The van der Waals surface area contributed by atoms with Crippen molar-refractivity contribution in [2.45, 2.75) is 46.6 Å². The molecule has 2 heteroatoms.